The van der Waals surface area contributed by atoms with E-state index in [1.807, 2.05) is 6.92 Å². The van der Waals surface area contributed by atoms with E-state index in [1.54, 1.807) is 19.9 Å². The van der Waals surface area contributed by atoms with E-state index in [0.29, 0.717) is 34.5 Å². The number of nitrogens with one attached hydrogen (secondary N) is 1. The van der Waals surface area contributed by atoms with Gasteiger partial charge in [0.05, 0.1) is 11.1 Å². The molecular formula is C19H20N2O3. The van der Waals surface area contributed by atoms with Crippen LogP contribution in [0.25, 0.3) is 0 Å². The molecule has 5 nitrogen and oxygen atoms in total. The summed E-state index contributed by atoms with van der Waals surface area (Å²) in [5.41, 5.74) is 2.73. The first kappa shape index (κ1) is 16.2. The van der Waals surface area contributed by atoms with Crippen molar-refractivity contribution in [2.45, 2.75) is 40.2 Å². The van der Waals surface area contributed by atoms with Crippen molar-refractivity contribution in [3.05, 3.63) is 68.4 Å². The van der Waals surface area contributed by atoms with Crippen molar-refractivity contribution in [1.82, 2.24) is 9.88 Å². The van der Waals surface area contributed by atoms with Crippen molar-refractivity contribution in [1.29, 1.82) is 0 Å². The van der Waals surface area contributed by atoms with Crippen molar-refractivity contribution >= 4 is 11.6 Å². The molecular weight excluding hydrogens is 304 g/mol. The molecule has 1 N–H and O–H groups in total. The number of rotatable bonds is 3. The number of aryl methyl sites for hydroxylation is 1. The average molecular weight is 324 g/mol. The molecule has 0 bridgehead atoms. The number of dihydropyridines is 1. The van der Waals surface area contributed by atoms with Gasteiger partial charge in [-0.3, -0.25) is 14.4 Å². The maximum absolute atomic E-state index is 13.1. The summed E-state index contributed by atoms with van der Waals surface area (Å²) < 4.78 is 1.44. The minimum Gasteiger partial charge on any atom is -0.352 e. The molecule has 2 heterocycles. The fraction of sp³-hybridized carbons (Fsp3) is 0.316. The lowest BCUT2D eigenvalue weighted by molar-refractivity contribution is 0.0961. The van der Waals surface area contributed by atoms with E-state index >= 15 is 0 Å². The maximum atomic E-state index is 13.1. The molecule has 124 valence electrons. The van der Waals surface area contributed by atoms with Gasteiger partial charge in [-0.1, -0.05) is 19.9 Å². The van der Waals surface area contributed by atoms with Crippen molar-refractivity contribution < 1.29 is 9.59 Å². The molecule has 1 aliphatic heterocycles. The zero-order valence-corrected chi connectivity index (χ0v) is 14.2. The second-order valence-corrected chi connectivity index (χ2v) is 6.28. The van der Waals surface area contributed by atoms with E-state index in [2.05, 4.69) is 11.9 Å². The first-order valence-corrected chi connectivity index (χ1v) is 8.09. The maximum Gasteiger partial charge on any atom is 0.251 e. The molecule has 0 fully saturated rings. The number of aromatic nitrogens is 1. The standard InChI is InChI=1S/C19H20N2O3/c1-5-6-7-21-13(22)9-11(3)15-17(21)19(24)16-14(18(15)23)10(2)8-12(4)20-16/h8-9,20H,4-7H2,1-3H3. The highest BCUT2D eigenvalue weighted by molar-refractivity contribution is 6.28. The van der Waals surface area contributed by atoms with Gasteiger partial charge < -0.3 is 9.88 Å². The summed E-state index contributed by atoms with van der Waals surface area (Å²) in [6.45, 7) is 9.76. The molecule has 0 unspecified atom stereocenters. The first-order chi connectivity index (χ1) is 11.4. The summed E-state index contributed by atoms with van der Waals surface area (Å²) in [7, 11) is 0. The number of hydrogen-bond acceptors (Lipinski definition) is 4. The van der Waals surface area contributed by atoms with Crippen LogP contribution in [0.1, 0.15) is 53.1 Å². The third kappa shape index (κ3) is 2.28. The topological polar surface area (TPSA) is 68.2 Å². The summed E-state index contributed by atoms with van der Waals surface area (Å²) in [5.74, 6) is -0.527. The van der Waals surface area contributed by atoms with E-state index in [9.17, 15) is 14.4 Å². The van der Waals surface area contributed by atoms with Gasteiger partial charge in [0.1, 0.15) is 11.4 Å². The van der Waals surface area contributed by atoms with Gasteiger partial charge in [0.25, 0.3) is 5.56 Å². The van der Waals surface area contributed by atoms with Gasteiger partial charge in [0.15, 0.2) is 5.78 Å². The minimum absolute atomic E-state index is 0.201. The monoisotopic (exact) mass is 324 g/mol. The number of unbranched alkanes of at least 4 members (excludes halogenated alkanes) is 1. The van der Waals surface area contributed by atoms with E-state index in [1.165, 1.54) is 10.6 Å². The Bertz CT molecular complexity index is 913. The van der Waals surface area contributed by atoms with E-state index in [0.717, 1.165) is 12.8 Å². The minimum atomic E-state index is -0.315. The third-order valence-electron chi connectivity index (χ3n) is 4.46. The van der Waals surface area contributed by atoms with Crippen LogP contribution in [-0.2, 0) is 6.54 Å². The zero-order valence-electron chi connectivity index (χ0n) is 14.2. The van der Waals surface area contributed by atoms with Crippen LogP contribution in [-0.4, -0.2) is 16.1 Å². The van der Waals surface area contributed by atoms with Crippen molar-refractivity contribution in [2.75, 3.05) is 0 Å². The SMILES string of the molecule is C=C1C=C(C)C2=C(N1)C(=O)c1c(c(C)cc(=O)n1CCCC)C2=O. The summed E-state index contributed by atoms with van der Waals surface area (Å²) in [6.07, 6.45) is 3.40. The Morgan fingerprint density at radius 3 is 2.54 bits per heavy atom. The predicted molar refractivity (Wildman–Crippen MR) is 92.1 cm³/mol. The highest BCUT2D eigenvalue weighted by Crippen LogP contribution is 2.33. The highest BCUT2D eigenvalue weighted by atomic mass is 16.1. The van der Waals surface area contributed by atoms with Crippen LogP contribution >= 0.6 is 0 Å². The van der Waals surface area contributed by atoms with Crippen LogP contribution in [0.4, 0.5) is 0 Å². The smallest absolute Gasteiger partial charge is 0.251 e. The van der Waals surface area contributed by atoms with Crippen molar-refractivity contribution in [3.8, 4) is 0 Å². The van der Waals surface area contributed by atoms with E-state index in [4.69, 9.17) is 0 Å². The van der Waals surface area contributed by atoms with E-state index < -0.39 is 0 Å². The molecule has 0 saturated heterocycles. The number of ketones is 2. The van der Waals surface area contributed by atoms with Crippen molar-refractivity contribution in [2.24, 2.45) is 0 Å². The fourth-order valence-electron chi connectivity index (χ4n) is 3.32. The number of fused-ring (bicyclic) bond motifs is 1. The molecule has 0 atom stereocenters. The Balaban J connectivity index is 2.29. The normalized spacial score (nSPS) is 16.6. The van der Waals surface area contributed by atoms with Gasteiger partial charge in [-0.15, -0.1) is 0 Å². The Kier molecular flexibility index (Phi) is 3.87. The molecule has 0 aromatic carbocycles. The first-order valence-electron chi connectivity index (χ1n) is 8.09. The lowest BCUT2D eigenvalue weighted by Crippen LogP contribution is -2.38. The van der Waals surface area contributed by atoms with Crippen molar-refractivity contribution in [3.63, 3.8) is 0 Å². The Labute approximate surface area is 140 Å². The quantitative estimate of drug-likeness (QED) is 0.928. The zero-order chi connectivity index (χ0) is 17.6. The Morgan fingerprint density at radius 2 is 1.88 bits per heavy atom. The lowest BCUT2D eigenvalue weighted by atomic mass is 9.83. The summed E-state index contributed by atoms with van der Waals surface area (Å²) in [6, 6.07) is 1.44. The number of carbonyl (C=O) groups is 2. The number of hydrogen-bond donors (Lipinski definition) is 1. The number of Topliss-reactive ketones (excluding diaryl/α,β-unsaturated/α-hetero) is 2. The van der Waals surface area contributed by atoms with Crippen LogP contribution in [0.5, 0.6) is 0 Å². The highest BCUT2D eigenvalue weighted by Gasteiger charge is 2.38. The van der Waals surface area contributed by atoms with Gasteiger partial charge in [-0.05, 0) is 37.5 Å². The van der Waals surface area contributed by atoms with Crippen LogP contribution in [0, 0.1) is 6.92 Å². The average Bonchev–Trinajstić information content (AvgIpc) is 2.50. The molecule has 1 aliphatic carbocycles. The van der Waals surface area contributed by atoms with E-state index in [-0.39, 0.29) is 28.5 Å². The Hall–Kier alpha value is -2.69. The number of allylic oxidation sites excluding steroid dienone is 4. The molecule has 0 radical (unpaired) electrons. The number of nitrogens with zero attached hydrogens (tertiary/aromatic N) is 1. The Morgan fingerprint density at radius 1 is 1.17 bits per heavy atom. The third-order valence-corrected chi connectivity index (χ3v) is 4.46. The molecule has 0 spiro atoms. The van der Waals surface area contributed by atoms with Gasteiger partial charge in [0.2, 0.25) is 5.78 Å². The van der Waals surface area contributed by atoms with Crippen LogP contribution in [0.15, 0.2) is 46.1 Å². The molecule has 1 aromatic heterocycles. The largest absolute Gasteiger partial charge is 0.352 e. The second kappa shape index (κ2) is 5.74. The summed E-state index contributed by atoms with van der Waals surface area (Å²) in [5, 5.41) is 2.92. The molecule has 3 rings (SSSR count). The van der Waals surface area contributed by atoms with Gasteiger partial charge in [-0.25, -0.2) is 0 Å². The molecule has 5 heteroatoms. The number of pyridine rings is 1. The summed E-state index contributed by atoms with van der Waals surface area (Å²) >= 11 is 0. The molecule has 0 saturated carbocycles. The summed E-state index contributed by atoms with van der Waals surface area (Å²) in [4.78, 5) is 38.5. The lowest BCUT2D eigenvalue weighted by Gasteiger charge is -2.28. The second-order valence-electron chi connectivity index (χ2n) is 6.28. The van der Waals surface area contributed by atoms with Gasteiger partial charge >= 0.3 is 0 Å². The van der Waals surface area contributed by atoms with Crippen LogP contribution < -0.4 is 10.9 Å². The fourth-order valence-corrected chi connectivity index (χ4v) is 3.32. The predicted octanol–water partition coefficient (Wildman–Crippen LogP) is 2.65. The van der Waals surface area contributed by atoms with Gasteiger partial charge in [-0.2, -0.15) is 0 Å². The van der Waals surface area contributed by atoms with Crippen LogP contribution in [0.2, 0.25) is 0 Å². The molecule has 2 aliphatic rings. The molecule has 0 amide bonds. The number of carbonyl (C=O) groups excluding carboxylic acids is 2. The molecule has 1 aromatic rings. The molecule has 24 heavy (non-hydrogen) atoms. The van der Waals surface area contributed by atoms with Crippen LogP contribution in [0.3, 0.4) is 0 Å². The van der Waals surface area contributed by atoms with Gasteiger partial charge in [0, 0.05) is 18.3 Å².